The van der Waals surface area contributed by atoms with Gasteiger partial charge in [0.1, 0.15) is 11.0 Å². The summed E-state index contributed by atoms with van der Waals surface area (Å²) in [6, 6.07) is 11.8. The Balaban J connectivity index is 1.82. The number of fused-ring (bicyclic) bond motifs is 1. The topological polar surface area (TPSA) is 52.8 Å². The minimum atomic E-state index is -0.346. The lowest BCUT2D eigenvalue weighted by atomic mass is 10.2. The molecule has 3 aromatic heterocycles. The molecule has 0 aliphatic rings. The fourth-order valence-corrected chi connectivity index (χ4v) is 3.40. The van der Waals surface area contributed by atoms with Crippen molar-refractivity contribution in [2.45, 2.75) is 6.23 Å². The third kappa shape index (κ3) is 2.69. The molecule has 4 rings (SSSR count). The summed E-state index contributed by atoms with van der Waals surface area (Å²) < 4.78 is 7.33. The van der Waals surface area contributed by atoms with Gasteiger partial charge >= 0.3 is 0 Å². The van der Waals surface area contributed by atoms with Crippen molar-refractivity contribution in [1.29, 1.82) is 0 Å². The second kappa shape index (κ2) is 6.32. The van der Waals surface area contributed by atoms with Crippen LogP contribution in [-0.2, 0) is 4.74 Å². The molecule has 0 aliphatic carbocycles. The highest BCUT2D eigenvalue weighted by atomic mass is 35.5. The van der Waals surface area contributed by atoms with Crippen LogP contribution in [0.25, 0.3) is 22.4 Å². The molecule has 4 aromatic rings. The third-order valence-corrected chi connectivity index (χ3v) is 4.61. The van der Waals surface area contributed by atoms with Crippen molar-refractivity contribution >= 4 is 34.0 Å². The molecule has 0 saturated carbocycles. The zero-order valence-corrected chi connectivity index (χ0v) is 14.3. The van der Waals surface area contributed by atoms with E-state index in [0.29, 0.717) is 22.0 Å². The molecule has 0 radical (unpaired) electrons. The van der Waals surface area contributed by atoms with E-state index < -0.39 is 0 Å². The number of benzene rings is 1. The van der Waals surface area contributed by atoms with Crippen LogP contribution in [0.4, 0.5) is 0 Å². The minimum Gasteiger partial charge on any atom is -0.355 e. The number of nitrogens with zero attached hydrogens (tertiary/aromatic N) is 4. The number of aromatic nitrogens is 4. The highest BCUT2D eigenvalue weighted by Crippen LogP contribution is 2.27. The first-order chi connectivity index (χ1) is 11.8. The predicted octanol–water partition coefficient (Wildman–Crippen LogP) is 4.40. The first-order valence-corrected chi connectivity index (χ1v) is 8.61. The van der Waals surface area contributed by atoms with E-state index in [0.717, 1.165) is 11.1 Å². The van der Waals surface area contributed by atoms with Gasteiger partial charge < -0.3 is 4.74 Å². The monoisotopic (exact) mass is 356 g/mol. The van der Waals surface area contributed by atoms with Gasteiger partial charge in [-0.2, -0.15) is 16.4 Å². The highest BCUT2D eigenvalue weighted by Gasteiger charge is 2.18. The second-order valence-corrected chi connectivity index (χ2v) is 6.33. The van der Waals surface area contributed by atoms with E-state index in [1.165, 1.54) is 0 Å². The van der Waals surface area contributed by atoms with Crippen LogP contribution < -0.4 is 0 Å². The molecule has 0 fully saturated rings. The zero-order chi connectivity index (χ0) is 16.5. The Labute approximate surface area is 147 Å². The van der Waals surface area contributed by atoms with Gasteiger partial charge in [-0.3, -0.25) is 0 Å². The van der Waals surface area contributed by atoms with Gasteiger partial charge in [-0.25, -0.2) is 14.6 Å². The SMILES string of the molecule is COC(c1ccccc1)n1cc2nc(-c3ccsc3)nc(Cl)c2n1. The molecule has 120 valence electrons. The van der Waals surface area contributed by atoms with E-state index in [1.807, 2.05) is 53.4 Å². The molecule has 7 heteroatoms. The fraction of sp³-hybridized carbons (Fsp3) is 0.118. The standard InChI is InChI=1S/C17H13ClN4OS/c1-23-17(11-5-3-2-4-6-11)22-9-13-14(21-22)15(18)20-16(19-13)12-7-8-24-10-12/h2-10,17H,1H3. The van der Waals surface area contributed by atoms with Crippen molar-refractivity contribution in [3.05, 3.63) is 64.1 Å². The molecule has 1 unspecified atom stereocenters. The molecule has 0 amide bonds. The minimum absolute atomic E-state index is 0.336. The van der Waals surface area contributed by atoms with Crippen molar-refractivity contribution in [3.8, 4) is 11.4 Å². The van der Waals surface area contributed by atoms with Gasteiger partial charge in [-0.05, 0) is 11.4 Å². The number of hydrogen-bond acceptors (Lipinski definition) is 5. The summed E-state index contributed by atoms with van der Waals surface area (Å²) in [5, 5.41) is 8.83. The smallest absolute Gasteiger partial charge is 0.175 e. The number of ether oxygens (including phenoxy) is 1. The van der Waals surface area contributed by atoms with Crippen molar-refractivity contribution < 1.29 is 4.74 Å². The van der Waals surface area contributed by atoms with Crippen LogP contribution in [0.1, 0.15) is 11.8 Å². The lowest BCUT2D eigenvalue weighted by Crippen LogP contribution is -2.13. The summed E-state index contributed by atoms with van der Waals surface area (Å²) in [5.41, 5.74) is 3.20. The molecule has 1 atom stereocenters. The maximum Gasteiger partial charge on any atom is 0.175 e. The Morgan fingerprint density at radius 2 is 2.00 bits per heavy atom. The molecular weight excluding hydrogens is 344 g/mol. The van der Waals surface area contributed by atoms with E-state index in [2.05, 4.69) is 15.1 Å². The Morgan fingerprint density at radius 1 is 1.17 bits per heavy atom. The van der Waals surface area contributed by atoms with Gasteiger partial charge in [0.25, 0.3) is 0 Å². The molecule has 0 N–H and O–H groups in total. The van der Waals surface area contributed by atoms with Gasteiger partial charge in [0.15, 0.2) is 17.2 Å². The van der Waals surface area contributed by atoms with Crippen LogP contribution in [0, 0.1) is 0 Å². The van der Waals surface area contributed by atoms with Gasteiger partial charge in [-0.1, -0.05) is 41.9 Å². The Hall–Kier alpha value is -2.28. The summed E-state index contributed by atoms with van der Waals surface area (Å²) in [5.74, 6) is 0.599. The Bertz CT molecular complexity index is 969. The number of thiophene rings is 1. The van der Waals surface area contributed by atoms with Crippen LogP contribution in [0.2, 0.25) is 5.15 Å². The molecule has 0 spiro atoms. The predicted molar refractivity (Wildman–Crippen MR) is 95.2 cm³/mol. The van der Waals surface area contributed by atoms with Crippen molar-refractivity contribution in [3.63, 3.8) is 0 Å². The van der Waals surface area contributed by atoms with Gasteiger partial charge in [0, 0.05) is 23.6 Å². The van der Waals surface area contributed by atoms with Crippen LogP contribution in [0.15, 0.2) is 53.4 Å². The molecule has 3 heterocycles. The molecule has 5 nitrogen and oxygen atoms in total. The van der Waals surface area contributed by atoms with E-state index >= 15 is 0 Å². The number of methoxy groups -OCH3 is 1. The summed E-state index contributed by atoms with van der Waals surface area (Å²) in [4.78, 5) is 8.94. The van der Waals surface area contributed by atoms with Gasteiger partial charge in [-0.15, -0.1) is 0 Å². The van der Waals surface area contributed by atoms with Gasteiger partial charge in [0.05, 0.1) is 6.20 Å². The van der Waals surface area contributed by atoms with Crippen LogP contribution in [-0.4, -0.2) is 26.9 Å². The summed E-state index contributed by atoms with van der Waals surface area (Å²) >= 11 is 7.91. The molecule has 24 heavy (non-hydrogen) atoms. The van der Waals surface area contributed by atoms with Crippen LogP contribution >= 0.6 is 22.9 Å². The molecular formula is C17H13ClN4OS. The van der Waals surface area contributed by atoms with Crippen molar-refractivity contribution in [2.24, 2.45) is 0 Å². The van der Waals surface area contributed by atoms with E-state index in [9.17, 15) is 0 Å². The first-order valence-electron chi connectivity index (χ1n) is 7.29. The third-order valence-electron chi connectivity index (χ3n) is 3.67. The average molecular weight is 357 g/mol. The fourth-order valence-electron chi connectivity index (χ4n) is 2.55. The van der Waals surface area contributed by atoms with E-state index in [4.69, 9.17) is 16.3 Å². The molecule has 0 saturated heterocycles. The number of halogens is 1. The molecule has 0 bridgehead atoms. The first kappa shape index (κ1) is 15.3. The summed E-state index contributed by atoms with van der Waals surface area (Å²) in [6.07, 6.45) is 1.49. The van der Waals surface area contributed by atoms with E-state index in [-0.39, 0.29) is 6.23 Å². The largest absolute Gasteiger partial charge is 0.355 e. The summed E-state index contributed by atoms with van der Waals surface area (Å²) in [7, 11) is 1.65. The van der Waals surface area contributed by atoms with E-state index in [1.54, 1.807) is 23.1 Å². The number of rotatable bonds is 4. The van der Waals surface area contributed by atoms with Gasteiger partial charge in [0.2, 0.25) is 0 Å². The quantitative estimate of drug-likeness (QED) is 0.508. The highest BCUT2D eigenvalue weighted by molar-refractivity contribution is 7.08. The molecule has 0 aliphatic heterocycles. The van der Waals surface area contributed by atoms with Crippen molar-refractivity contribution in [2.75, 3.05) is 7.11 Å². The lowest BCUT2D eigenvalue weighted by Gasteiger charge is -2.15. The second-order valence-electron chi connectivity index (χ2n) is 5.19. The normalized spacial score (nSPS) is 12.6. The Morgan fingerprint density at radius 3 is 2.71 bits per heavy atom. The van der Waals surface area contributed by atoms with Crippen LogP contribution in [0.3, 0.4) is 0 Å². The number of hydrogen-bond donors (Lipinski definition) is 0. The average Bonchev–Trinajstić information content (AvgIpc) is 3.26. The zero-order valence-electron chi connectivity index (χ0n) is 12.8. The maximum absolute atomic E-state index is 6.32. The summed E-state index contributed by atoms with van der Waals surface area (Å²) in [6.45, 7) is 0. The lowest BCUT2D eigenvalue weighted by molar-refractivity contribution is 0.0687. The van der Waals surface area contributed by atoms with Crippen LogP contribution in [0.5, 0.6) is 0 Å². The van der Waals surface area contributed by atoms with Crippen molar-refractivity contribution in [1.82, 2.24) is 19.7 Å². The maximum atomic E-state index is 6.32. The Kier molecular flexibility index (Phi) is 4.02. The molecule has 1 aromatic carbocycles.